The maximum absolute atomic E-state index is 14.6. The molecule has 6 unspecified atom stereocenters. The van der Waals surface area contributed by atoms with Gasteiger partial charge in [-0.2, -0.15) is 0 Å². The molecule has 8 rings (SSSR count). The van der Waals surface area contributed by atoms with Gasteiger partial charge in [0.25, 0.3) is 11.8 Å². The van der Waals surface area contributed by atoms with E-state index >= 15 is 0 Å². The molecule has 6 atom stereocenters. The van der Waals surface area contributed by atoms with Crippen molar-refractivity contribution in [2.75, 3.05) is 16.9 Å². The van der Waals surface area contributed by atoms with E-state index in [1.165, 1.54) is 25.3 Å². The molecule has 9 nitrogen and oxygen atoms in total. The number of anilines is 2. The van der Waals surface area contributed by atoms with Crippen LogP contribution in [0.1, 0.15) is 40.2 Å². The Morgan fingerprint density at radius 3 is 2.13 bits per heavy atom. The van der Waals surface area contributed by atoms with Gasteiger partial charge in [-0.25, -0.2) is 9.29 Å². The first-order valence-electron chi connectivity index (χ1n) is 16.7. The maximum atomic E-state index is 14.6. The monoisotopic (exact) mass is 816 g/mol. The molecule has 4 aliphatic rings. The van der Waals surface area contributed by atoms with Crippen molar-refractivity contribution in [2.45, 2.75) is 28.5 Å². The van der Waals surface area contributed by atoms with Gasteiger partial charge in [0.05, 0.1) is 30.3 Å². The van der Waals surface area contributed by atoms with Crippen molar-refractivity contribution in [3.63, 3.8) is 0 Å². The number of ether oxygens (including phenoxy) is 1. The number of carbonyl (C=O) groups is 5. The molecule has 0 bridgehead atoms. The summed E-state index contributed by atoms with van der Waals surface area (Å²) in [6.45, 7) is 0. The Morgan fingerprint density at radius 2 is 1.47 bits per heavy atom. The lowest BCUT2D eigenvalue weighted by Gasteiger charge is -2.50. The SMILES string of the molecule is COc1cc(Br)cc(C2C3=CCC4C(=O)N(c5ccc(C(=O)c6ccccc6)cc5)C(=O)C4C3CC3(Cl)C(=O)N(c4ccc(F)cc4)C(=O)C23Cl)c1O. The Hall–Kier alpha value is -4.84. The fraction of sp³-hybridized carbons (Fsp3) is 0.225. The number of phenols is 1. The molecule has 2 saturated heterocycles. The van der Waals surface area contributed by atoms with Gasteiger partial charge >= 0.3 is 0 Å². The summed E-state index contributed by atoms with van der Waals surface area (Å²) in [6, 6.07) is 22.7. The number of aromatic hydroxyl groups is 1. The number of fused-ring (bicyclic) bond motifs is 4. The first-order chi connectivity index (χ1) is 25.3. The second-order valence-electron chi connectivity index (χ2n) is 13.6. The van der Waals surface area contributed by atoms with Crippen molar-refractivity contribution < 1.29 is 38.2 Å². The van der Waals surface area contributed by atoms with Crippen LogP contribution in [0, 0.1) is 23.6 Å². The average Bonchev–Trinajstić information content (AvgIpc) is 3.50. The topological polar surface area (TPSA) is 121 Å². The molecule has 0 spiro atoms. The van der Waals surface area contributed by atoms with E-state index in [2.05, 4.69) is 15.9 Å². The van der Waals surface area contributed by atoms with Crippen molar-refractivity contribution >= 4 is 79.9 Å². The maximum Gasteiger partial charge on any atom is 0.258 e. The van der Waals surface area contributed by atoms with Crippen molar-refractivity contribution in [3.8, 4) is 11.5 Å². The molecule has 268 valence electrons. The predicted molar refractivity (Wildman–Crippen MR) is 198 cm³/mol. The third kappa shape index (κ3) is 5.04. The van der Waals surface area contributed by atoms with Crippen LogP contribution in [-0.2, 0) is 19.2 Å². The van der Waals surface area contributed by atoms with Crippen LogP contribution in [0.25, 0.3) is 0 Å². The molecule has 2 aliphatic heterocycles. The second kappa shape index (κ2) is 12.6. The largest absolute Gasteiger partial charge is 0.504 e. The van der Waals surface area contributed by atoms with Gasteiger partial charge in [0.15, 0.2) is 27.0 Å². The fourth-order valence-electron chi connectivity index (χ4n) is 8.49. The first kappa shape index (κ1) is 35.2. The number of methoxy groups -OCH3 is 1. The first-order valence-corrected chi connectivity index (χ1v) is 18.2. The third-order valence-electron chi connectivity index (χ3n) is 10.9. The summed E-state index contributed by atoms with van der Waals surface area (Å²) in [5.74, 6) is -7.91. The molecule has 1 saturated carbocycles. The summed E-state index contributed by atoms with van der Waals surface area (Å²) in [6.07, 6.45) is 1.54. The summed E-state index contributed by atoms with van der Waals surface area (Å²) in [7, 11) is 1.35. The summed E-state index contributed by atoms with van der Waals surface area (Å²) in [5.41, 5.74) is 1.74. The molecule has 4 aromatic rings. The average molecular weight is 818 g/mol. The molecule has 2 aliphatic carbocycles. The molecule has 53 heavy (non-hydrogen) atoms. The van der Waals surface area contributed by atoms with Gasteiger partial charge in [0.1, 0.15) is 5.82 Å². The van der Waals surface area contributed by atoms with Gasteiger partial charge < -0.3 is 9.84 Å². The zero-order valence-electron chi connectivity index (χ0n) is 27.8. The zero-order chi connectivity index (χ0) is 37.6. The smallest absolute Gasteiger partial charge is 0.258 e. The molecule has 4 amide bonds. The molecular weight excluding hydrogens is 790 g/mol. The molecule has 0 aromatic heterocycles. The lowest BCUT2D eigenvalue weighted by molar-refractivity contribution is -0.125. The third-order valence-corrected chi connectivity index (χ3v) is 12.8. The molecule has 3 fully saturated rings. The van der Waals surface area contributed by atoms with Crippen molar-refractivity contribution in [3.05, 3.63) is 130 Å². The highest BCUT2D eigenvalue weighted by molar-refractivity contribution is 9.10. The summed E-state index contributed by atoms with van der Waals surface area (Å²) in [4.78, 5) is 68.2. The van der Waals surface area contributed by atoms with Crippen LogP contribution in [0.15, 0.2) is 107 Å². The highest BCUT2D eigenvalue weighted by Gasteiger charge is 2.77. The Bertz CT molecular complexity index is 2290. The number of carbonyl (C=O) groups excluding carboxylic acids is 5. The summed E-state index contributed by atoms with van der Waals surface area (Å²) in [5, 5.41) is 11.6. The number of allylic oxidation sites excluding steroid dienone is 2. The minimum Gasteiger partial charge on any atom is -0.504 e. The Labute approximate surface area is 321 Å². The minimum atomic E-state index is -2.25. The number of rotatable bonds is 6. The van der Waals surface area contributed by atoms with Gasteiger partial charge in [-0.15, -0.1) is 23.2 Å². The number of benzene rings is 4. The van der Waals surface area contributed by atoms with E-state index in [0.29, 0.717) is 21.2 Å². The van der Waals surface area contributed by atoms with E-state index < -0.39 is 62.9 Å². The van der Waals surface area contributed by atoms with Crippen molar-refractivity contribution in [2.24, 2.45) is 17.8 Å². The number of alkyl halides is 2. The standard InChI is InChI=1S/C40H28BrCl2FN2O7/c1-53-30-18-22(41)17-28(34(30)48)32-26-15-16-27-31(29(26)19-39(42)37(51)46(38(52)40(32,39)43)25-13-9-23(44)10-14-25)36(50)45(35(27)49)24-11-7-21(8-12-24)33(47)20-5-3-2-4-6-20/h2-15,17-18,27,29,31-32,48H,16,19H2,1H3. The number of phenolic OH excluding ortho intramolecular Hbond substituents is 1. The van der Waals surface area contributed by atoms with Crippen LogP contribution in [0.5, 0.6) is 11.5 Å². The van der Waals surface area contributed by atoms with Crippen molar-refractivity contribution in [1.29, 1.82) is 0 Å². The van der Waals surface area contributed by atoms with Crippen LogP contribution in [0.4, 0.5) is 15.8 Å². The lowest BCUT2D eigenvalue weighted by atomic mass is 9.56. The van der Waals surface area contributed by atoms with E-state index in [1.807, 2.05) is 0 Å². The number of hydrogen-bond donors (Lipinski definition) is 1. The Morgan fingerprint density at radius 1 is 0.849 bits per heavy atom. The van der Waals surface area contributed by atoms with E-state index in [0.717, 1.165) is 21.9 Å². The van der Waals surface area contributed by atoms with E-state index in [9.17, 15) is 33.5 Å². The summed E-state index contributed by atoms with van der Waals surface area (Å²) < 4.78 is 19.8. The van der Waals surface area contributed by atoms with Gasteiger partial charge in [-0.1, -0.05) is 57.9 Å². The molecule has 1 N–H and O–H groups in total. The quantitative estimate of drug-likeness (QED) is 0.0939. The number of nitrogens with zero attached hydrogens (tertiary/aromatic N) is 2. The number of halogens is 4. The van der Waals surface area contributed by atoms with Gasteiger partial charge in [0.2, 0.25) is 11.8 Å². The van der Waals surface area contributed by atoms with Gasteiger partial charge in [-0.05, 0) is 79.4 Å². The van der Waals surface area contributed by atoms with E-state index in [1.54, 1.807) is 66.7 Å². The Kier molecular flexibility index (Phi) is 8.40. The highest BCUT2D eigenvalue weighted by atomic mass is 79.9. The minimum absolute atomic E-state index is 0.0351. The number of amides is 4. The fourth-order valence-corrected chi connectivity index (χ4v) is 9.87. The molecule has 13 heteroatoms. The van der Waals surface area contributed by atoms with Gasteiger partial charge in [-0.3, -0.25) is 28.9 Å². The lowest BCUT2D eigenvalue weighted by Crippen LogP contribution is -2.60. The zero-order valence-corrected chi connectivity index (χ0v) is 30.9. The van der Waals surface area contributed by atoms with Crippen LogP contribution >= 0.6 is 39.1 Å². The van der Waals surface area contributed by atoms with Crippen LogP contribution < -0.4 is 14.5 Å². The molecule has 0 radical (unpaired) electrons. The number of hydrogen-bond acceptors (Lipinski definition) is 7. The predicted octanol–water partition coefficient (Wildman–Crippen LogP) is 7.30. The highest BCUT2D eigenvalue weighted by Crippen LogP contribution is 2.67. The van der Waals surface area contributed by atoms with Crippen LogP contribution in [0.2, 0.25) is 0 Å². The van der Waals surface area contributed by atoms with Crippen LogP contribution in [-0.4, -0.2) is 51.4 Å². The van der Waals surface area contributed by atoms with E-state index in [-0.39, 0.29) is 47.1 Å². The number of ketones is 1. The molecule has 4 aromatic carbocycles. The van der Waals surface area contributed by atoms with E-state index in [4.69, 9.17) is 27.9 Å². The summed E-state index contributed by atoms with van der Waals surface area (Å²) >= 11 is 18.3. The normalized spacial score (nSPS) is 27.7. The Balaban J connectivity index is 1.23. The van der Waals surface area contributed by atoms with Crippen LogP contribution in [0.3, 0.4) is 0 Å². The molecular formula is C40H28BrCl2FN2O7. The second-order valence-corrected chi connectivity index (χ2v) is 15.7. The molecule has 2 heterocycles. The van der Waals surface area contributed by atoms with Crippen molar-refractivity contribution in [1.82, 2.24) is 0 Å². The van der Waals surface area contributed by atoms with Gasteiger partial charge in [0, 0.05) is 27.1 Å². The number of imide groups is 2.